The third-order valence-corrected chi connectivity index (χ3v) is 2.15. The van der Waals surface area contributed by atoms with Crippen molar-refractivity contribution >= 4 is 13.6 Å². The van der Waals surface area contributed by atoms with Crippen molar-refractivity contribution in [3.8, 4) is 17.0 Å². The fourth-order valence-electron chi connectivity index (χ4n) is 1.42. The van der Waals surface area contributed by atoms with Gasteiger partial charge in [0.15, 0.2) is 7.85 Å². The van der Waals surface area contributed by atoms with E-state index in [1.807, 2.05) is 38.2 Å². The summed E-state index contributed by atoms with van der Waals surface area (Å²) in [5, 5.41) is 0. The smallest absolute Gasteiger partial charge is 0.223 e. The summed E-state index contributed by atoms with van der Waals surface area (Å²) >= 11 is 0. The van der Waals surface area contributed by atoms with Crippen LogP contribution in [-0.2, 0) is 0 Å². The molecule has 1 aromatic carbocycles. The van der Waals surface area contributed by atoms with Crippen LogP contribution in [0, 0.1) is 0 Å². The van der Waals surface area contributed by atoms with E-state index >= 15 is 0 Å². The van der Waals surface area contributed by atoms with Gasteiger partial charge in [0.05, 0.1) is 18.4 Å². The van der Waals surface area contributed by atoms with Crippen molar-refractivity contribution in [1.82, 2.24) is 9.97 Å². The van der Waals surface area contributed by atoms with E-state index in [2.05, 4.69) is 9.97 Å². The van der Waals surface area contributed by atoms with Gasteiger partial charge in [-0.3, -0.25) is 4.98 Å². The van der Waals surface area contributed by atoms with Crippen LogP contribution in [0.5, 0.6) is 5.88 Å². The van der Waals surface area contributed by atoms with Gasteiger partial charge in [0.2, 0.25) is 5.88 Å². The monoisotopic (exact) mass is 198 g/mol. The van der Waals surface area contributed by atoms with Crippen molar-refractivity contribution in [3.63, 3.8) is 0 Å². The summed E-state index contributed by atoms with van der Waals surface area (Å²) in [6.07, 6.45) is 1.79. The van der Waals surface area contributed by atoms with Gasteiger partial charge in [0, 0.05) is 6.20 Å². The summed E-state index contributed by atoms with van der Waals surface area (Å²) in [7, 11) is 3.46. The van der Waals surface area contributed by atoms with Crippen LogP contribution in [0.1, 0.15) is 0 Å². The van der Waals surface area contributed by atoms with E-state index < -0.39 is 0 Å². The molecule has 0 atom stereocenters. The number of ether oxygens (including phenoxy) is 1. The van der Waals surface area contributed by atoms with Crippen LogP contribution in [0.3, 0.4) is 0 Å². The summed E-state index contributed by atoms with van der Waals surface area (Å²) in [6, 6.07) is 9.96. The Bertz CT molecular complexity index is 459. The molecule has 0 aliphatic heterocycles. The molecule has 0 radical (unpaired) electrons. The Morgan fingerprint density at radius 2 is 1.93 bits per heavy atom. The van der Waals surface area contributed by atoms with E-state index in [4.69, 9.17) is 4.74 Å². The number of hydrogen-bond donors (Lipinski definition) is 0. The lowest BCUT2D eigenvalue weighted by Crippen LogP contribution is -2.14. The molecule has 1 aromatic heterocycles. The zero-order valence-electron chi connectivity index (χ0n) is 8.77. The fourth-order valence-corrected chi connectivity index (χ4v) is 1.42. The molecule has 0 saturated heterocycles. The van der Waals surface area contributed by atoms with Crippen LogP contribution in [-0.4, -0.2) is 24.9 Å². The first kappa shape index (κ1) is 9.71. The average molecular weight is 198 g/mol. The minimum atomic E-state index is 0.619. The molecule has 0 saturated carbocycles. The van der Waals surface area contributed by atoms with Crippen LogP contribution in [0.2, 0.25) is 0 Å². The number of aromatic nitrogens is 2. The second kappa shape index (κ2) is 4.13. The molecule has 0 unspecified atom stereocenters. The molecular formula is C11H11BN2O. The minimum Gasteiger partial charge on any atom is -0.480 e. The first-order valence-electron chi connectivity index (χ1n) is 4.74. The van der Waals surface area contributed by atoms with Gasteiger partial charge in [-0.05, 0) is 5.56 Å². The fraction of sp³-hybridized carbons (Fsp3) is 0.0909. The number of benzene rings is 1. The van der Waals surface area contributed by atoms with Gasteiger partial charge < -0.3 is 4.74 Å². The summed E-state index contributed by atoms with van der Waals surface area (Å²) < 4.78 is 5.23. The largest absolute Gasteiger partial charge is 0.480 e. The Morgan fingerprint density at radius 3 is 2.60 bits per heavy atom. The highest BCUT2D eigenvalue weighted by Gasteiger charge is 2.07. The predicted molar refractivity (Wildman–Crippen MR) is 62.2 cm³/mol. The molecule has 15 heavy (non-hydrogen) atoms. The van der Waals surface area contributed by atoms with Crippen molar-refractivity contribution in [2.45, 2.75) is 0 Å². The molecule has 3 nitrogen and oxygen atoms in total. The molecule has 0 spiro atoms. The highest BCUT2D eigenvalue weighted by molar-refractivity contribution is 6.29. The zero-order valence-corrected chi connectivity index (χ0v) is 8.77. The molecule has 74 valence electrons. The van der Waals surface area contributed by atoms with Crippen molar-refractivity contribution in [1.29, 1.82) is 0 Å². The molecule has 0 N–H and O–H groups in total. The topological polar surface area (TPSA) is 35.0 Å². The van der Waals surface area contributed by atoms with Crippen molar-refractivity contribution < 1.29 is 4.74 Å². The van der Waals surface area contributed by atoms with Gasteiger partial charge in [-0.2, -0.15) is 0 Å². The number of nitrogens with zero attached hydrogens (tertiary/aromatic N) is 2. The number of methoxy groups -OCH3 is 1. The first-order chi connectivity index (χ1) is 7.31. The Balaban J connectivity index is 2.53. The second-order valence-corrected chi connectivity index (χ2v) is 3.21. The van der Waals surface area contributed by atoms with E-state index in [0.717, 1.165) is 11.1 Å². The molecule has 0 aliphatic rings. The quantitative estimate of drug-likeness (QED) is 0.655. The molecule has 4 heteroatoms. The van der Waals surface area contributed by atoms with Gasteiger partial charge in [0.1, 0.15) is 0 Å². The molecule has 0 amide bonds. The Kier molecular flexibility index (Phi) is 2.67. The van der Waals surface area contributed by atoms with Gasteiger partial charge in [-0.1, -0.05) is 30.3 Å². The van der Waals surface area contributed by atoms with E-state index in [1.165, 1.54) is 0 Å². The Morgan fingerprint density at radius 1 is 1.20 bits per heavy atom. The van der Waals surface area contributed by atoms with E-state index in [9.17, 15) is 0 Å². The summed E-state index contributed by atoms with van der Waals surface area (Å²) in [4.78, 5) is 8.41. The van der Waals surface area contributed by atoms with Gasteiger partial charge in [0.25, 0.3) is 0 Å². The summed E-state index contributed by atoms with van der Waals surface area (Å²) in [5.74, 6) is 0.619. The molecule has 2 rings (SSSR count). The predicted octanol–water partition coefficient (Wildman–Crippen LogP) is 0.411. The second-order valence-electron chi connectivity index (χ2n) is 3.21. The van der Waals surface area contributed by atoms with E-state index in [0.29, 0.717) is 11.6 Å². The van der Waals surface area contributed by atoms with Crippen LogP contribution in [0.15, 0.2) is 36.5 Å². The van der Waals surface area contributed by atoms with Gasteiger partial charge in [-0.25, -0.2) is 4.98 Å². The van der Waals surface area contributed by atoms with Crippen LogP contribution < -0.4 is 10.5 Å². The van der Waals surface area contributed by atoms with Crippen molar-refractivity contribution in [2.75, 3.05) is 7.11 Å². The van der Waals surface area contributed by atoms with Crippen molar-refractivity contribution in [2.24, 2.45) is 0 Å². The SMILES string of the molecule is Bc1ncc(-c2ccccc2)c(OC)n1. The zero-order chi connectivity index (χ0) is 10.7. The van der Waals surface area contributed by atoms with Crippen LogP contribution >= 0.6 is 0 Å². The maximum Gasteiger partial charge on any atom is 0.223 e. The third kappa shape index (κ3) is 1.98. The lowest BCUT2D eigenvalue weighted by molar-refractivity contribution is 0.400. The van der Waals surface area contributed by atoms with Crippen LogP contribution in [0.4, 0.5) is 0 Å². The molecule has 0 bridgehead atoms. The summed E-state index contributed by atoms with van der Waals surface area (Å²) in [6.45, 7) is 0. The van der Waals surface area contributed by atoms with Gasteiger partial charge >= 0.3 is 0 Å². The highest BCUT2D eigenvalue weighted by Crippen LogP contribution is 2.25. The molecule has 0 fully saturated rings. The number of hydrogen-bond acceptors (Lipinski definition) is 3. The van der Waals surface area contributed by atoms with Gasteiger partial charge in [-0.15, -0.1) is 0 Å². The molecule has 2 aromatic rings. The standard InChI is InChI=1S/C11H11BN2O/c1-15-10-9(7-13-11(12)14-10)8-5-3-2-4-6-8/h2-7H,12H2,1H3. The minimum absolute atomic E-state index is 0.619. The summed E-state index contributed by atoms with van der Waals surface area (Å²) in [5.41, 5.74) is 2.70. The lowest BCUT2D eigenvalue weighted by atomic mass is 10.1. The molecule has 1 heterocycles. The normalized spacial score (nSPS) is 9.93. The maximum absolute atomic E-state index is 5.23. The van der Waals surface area contributed by atoms with Crippen molar-refractivity contribution in [3.05, 3.63) is 36.5 Å². The average Bonchev–Trinajstić information content (AvgIpc) is 2.30. The Labute approximate surface area is 89.6 Å². The van der Waals surface area contributed by atoms with E-state index in [1.54, 1.807) is 13.3 Å². The highest BCUT2D eigenvalue weighted by atomic mass is 16.5. The lowest BCUT2D eigenvalue weighted by Gasteiger charge is -2.07. The molecular weight excluding hydrogens is 187 g/mol. The molecule has 0 aliphatic carbocycles. The maximum atomic E-state index is 5.23. The van der Waals surface area contributed by atoms with E-state index in [-0.39, 0.29) is 0 Å². The number of rotatable bonds is 2. The first-order valence-corrected chi connectivity index (χ1v) is 4.74. The Hall–Kier alpha value is -1.84. The third-order valence-electron chi connectivity index (χ3n) is 2.15. The van der Waals surface area contributed by atoms with Crippen LogP contribution in [0.25, 0.3) is 11.1 Å².